The van der Waals surface area contributed by atoms with E-state index in [0.717, 1.165) is 22.4 Å². The smallest absolute Gasteiger partial charge is 0.352 e. The van der Waals surface area contributed by atoms with Crippen LogP contribution in [0.3, 0.4) is 0 Å². The maximum Gasteiger partial charge on any atom is 0.352 e. The number of carbonyl (C=O) groups excluding carboxylic acids is 2. The van der Waals surface area contributed by atoms with Crippen LogP contribution in [-0.4, -0.2) is 25.2 Å². The summed E-state index contributed by atoms with van der Waals surface area (Å²) in [4.78, 5) is 24.2. The fraction of sp³-hybridized carbons (Fsp3) is 0.267. The fourth-order valence-electron chi connectivity index (χ4n) is 3.33. The fourth-order valence-corrected chi connectivity index (χ4v) is 3.33. The summed E-state index contributed by atoms with van der Waals surface area (Å²) in [5.41, 5.74) is 6.42. The van der Waals surface area contributed by atoms with E-state index < -0.39 is 18.0 Å². The van der Waals surface area contributed by atoms with Crippen molar-refractivity contribution in [2.24, 2.45) is 0 Å². The molecule has 35 heavy (non-hydrogen) atoms. The third-order valence-corrected chi connectivity index (χ3v) is 5.49. The van der Waals surface area contributed by atoms with E-state index in [2.05, 4.69) is 39.0 Å². The quantitative estimate of drug-likeness (QED) is 0.177. The molecule has 0 radical (unpaired) electrons. The first-order valence-electron chi connectivity index (χ1n) is 11.5. The lowest BCUT2D eigenvalue weighted by Gasteiger charge is -2.13. The van der Waals surface area contributed by atoms with E-state index in [1.807, 2.05) is 25.1 Å². The molecule has 5 nitrogen and oxygen atoms in total. The van der Waals surface area contributed by atoms with Crippen LogP contribution in [0.5, 0.6) is 11.5 Å². The molecule has 0 saturated heterocycles. The van der Waals surface area contributed by atoms with Crippen molar-refractivity contribution < 1.29 is 23.8 Å². The number of methoxy groups -OCH3 is 1. The Morgan fingerprint density at radius 2 is 1.63 bits per heavy atom. The van der Waals surface area contributed by atoms with Gasteiger partial charge in [-0.25, -0.2) is 9.59 Å². The number of carbonyl (C=O) groups is 2. The molecule has 0 bridgehead atoms. The molecule has 0 aliphatic rings. The maximum absolute atomic E-state index is 12.1. The van der Waals surface area contributed by atoms with Crippen LogP contribution in [0.2, 0.25) is 0 Å². The number of para-hydroxylation sites is 1. The van der Waals surface area contributed by atoms with Gasteiger partial charge in [-0.3, -0.25) is 0 Å². The standard InChI is InChI=1S/C30H34O5/c1-20(16-17-27-22(3)19-28(33-7)24(5)23(27)4)12-11-13-21(2)18-29(31)34-25(6)30(32)35-26-14-9-8-10-15-26/h8-19,25H,1-7H3. The molecule has 0 amide bonds. The van der Waals surface area contributed by atoms with Gasteiger partial charge >= 0.3 is 11.9 Å². The van der Waals surface area contributed by atoms with Gasteiger partial charge in [-0.15, -0.1) is 0 Å². The molecule has 1 atom stereocenters. The van der Waals surface area contributed by atoms with Gasteiger partial charge in [0.2, 0.25) is 0 Å². The lowest BCUT2D eigenvalue weighted by Crippen LogP contribution is -2.27. The third kappa shape index (κ3) is 8.45. The van der Waals surface area contributed by atoms with Crippen LogP contribution in [0.25, 0.3) is 6.08 Å². The lowest BCUT2D eigenvalue weighted by molar-refractivity contribution is -0.157. The molecular formula is C30H34O5. The van der Waals surface area contributed by atoms with Crippen molar-refractivity contribution >= 4 is 18.0 Å². The number of ether oxygens (including phenoxy) is 3. The highest BCUT2D eigenvalue weighted by molar-refractivity contribution is 5.87. The molecule has 184 valence electrons. The van der Waals surface area contributed by atoms with Gasteiger partial charge in [0.1, 0.15) is 11.5 Å². The maximum atomic E-state index is 12.1. The average Bonchev–Trinajstić information content (AvgIpc) is 2.81. The molecule has 0 aliphatic carbocycles. The Hall–Kier alpha value is -3.86. The molecule has 5 heteroatoms. The summed E-state index contributed by atoms with van der Waals surface area (Å²) in [7, 11) is 1.69. The zero-order valence-electron chi connectivity index (χ0n) is 21.5. The number of esters is 2. The monoisotopic (exact) mass is 474 g/mol. The topological polar surface area (TPSA) is 61.8 Å². The van der Waals surface area contributed by atoms with Crippen molar-refractivity contribution in [2.45, 2.75) is 47.6 Å². The van der Waals surface area contributed by atoms with E-state index in [4.69, 9.17) is 14.2 Å². The largest absolute Gasteiger partial charge is 0.496 e. The second-order valence-corrected chi connectivity index (χ2v) is 8.36. The van der Waals surface area contributed by atoms with E-state index in [1.54, 1.807) is 44.4 Å². The van der Waals surface area contributed by atoms with Gasteiger partial charge in [-0.1, -0.05) is 54.2 Å². The summed E-state index contributed by atoms with van der Waals surface area (Å²) in [5.74, 6) is 0.0643. The number of rotatable bonds is 9. The Kier molecular flexibility index (Phi) is 10.3. The molecule has 0 aromatic heterocycles. The summed E-state index contributed by atoms with van der Waals surface area (Å²) in [5, 5.41) is 0. The van der Waals surface area contributed by atoms with Crippen molar-refractivity contribution in [1.82, 2.24) is 0 Å². The second-order valence-electron chi connectivity index (χ2n) is 8.36. The first-order chi connectivity index (χ1) is 16.6. The molecule has 2 aromatic rings. The van der Waals surface area contributed by atoms with E-state index in [-0.39, 0.29) is 0 Å². The van der Waals surface area contributed by atoms with Crippen molar-refractivity contribution in [3.63, 3.8) is 0 Å². The molecule has 0 spiro atoms. The van der Waals surface area contributed by atoms with Crippen molar-refractivity contribution in [3.05, 3.63) is 100 Å². The van der Waals surface area contributed by atoms with Crippen LogP contribution >= 0.6 is 0 Å². The minimum absolute atomic E-state index is 0.402. The SMILES string of the molecule is COc1cc(C)c(C=CC(C)=CC=CC(C)=CC(=O)OC(C)C(=O)Oc2ccccc2)c(C)c1C. The molecule has 2 aromatic carbocycles. The Morgan fingerprint density at radius 3 is 2.29 bits per heavy atom. The second kappa shape index (κ2) is 13.1. The van der Waals surface area contributed by atoms with E-state index in [1.165, 1.54) is 24.1 Å². The molecule has 0 aliphatic heterocycles. The van der Waals surface area contributed by atoms with E-state index in [9.17, 15) is 9.59 Å². The number of aryl methyl sites for hydroxylation is 1. The molecule has 0 N–H and O–H groups in total. The molecule has 2 rings (SSSR count). The number of allylic oxidation sites excluding steroid dienone is 6. The summed E-state index contributed by atoms with van der Waals surface area (Å²) >= 11 is 0. The summed E-state index contributed by atoms with van der Waals surface area (Å²) in [6.45, 7) is 11.5. The highest BCUT2D eigenvalue weighted by Gasteiger charge is 2.19. The van der Waals surface area contributed by atoms with Crippen LogP contribution in [0.15, 0.2) is 77.9 Å². The molecule has 0 saturated carbocycles. The molecule has 0 heterocycles. The number of hydrogen-bond donors (Lipinski definition) is 0. The van der Waals surface area contributed by atoms with Crippen LogP contribution in [0.4, 0.5) is 0 Å². The first-order valence-corrected chi connectivity index (χ1v) is 11.5. The minimum Gasteiger partial charge on any atom is -0.496 e. The minimum atomic E-state index is -1.02. The molecule has 1 unspecified atom stereocenters. The van der Waals surface area contributed by atoms with Crippen molar-refractivity contribution in [2.75, 3.05) is 7.11 Å². The van der Waals surface area contributed by atoms with Gasteiger partial charge in [0.05, 0.1) is 7.11 Å². The van der Waals surface area contributed by atoms with E-state index >= 15 is 0 Å². The first kappa shape index (κ1) is 27.4. The Labute approximate surface area is 208 Å². The lowest BCUT2D eigenvalue weighted by atomic mass is 9.96. The van der Waals surface area contributed by atoms with Crippen LogP contribution in [0.1, 0.15) is 43.0 Å². The zero-order valence-corrected chi connectivity index (χ0v) is 21.5. The van der Waals surface area contributed by atoms with Gasteiger partial charge in [-0.2, -0.15) is 0 Å². The summed E-state index contributed by atoms with van der Waals surface area (Å²) in [6.07, 6.45) is 10.1. The number of hydrogen-bond acceptors (Lipinski definition) is 5. The Morgan fingerprint density at radius 1 is 0.943 bits per heavy atom. The highest BCUT2D eigenvalue weighted by atomic mass is 16.6. The van der Waals surface area contributed by atoms with Crippen molar-refractivity contribution in [3.8, 4) is 11.5 Å². The molecule has 0 fully saturated rings. The molecular weight excluding hydrogens is 440 g/mol. The summed E-state index contributed by atoms with van der Waals surface area (Å²) in [6, 6.07) is 10.7. The van der Waals surface area contributed by atoms with Gasteiger partial charge < -0.3 is 14.2 Å². The summed E-state index contributed by atoms with van der Waals surface area (Å²) < 4.78 is 15.8. The normalized spacial score (nSPS) is 13.2. The average molecular weight is 475 g/mol. The van der Waals surface area contributed by atoms with E-state index in [0.29, 0.717) is 11.3 Å². The number of benzene rings is 2. The van der Waals surface area contributed by atoms with Crippen molar-refractivity contribution in [1.29, 1.82) is 0 Å². The van der Waals surface area contributed by atoms with Crippen LogP contribution in [0, 0.1) is 20.8 Å². The van der Waals surface area contributed by atoms with Gasteiger partial charge in [0.25, 0.3) is 0 Å². The predicted octanol–water partition coefficient (Wildman–Crippen LogP) is 6.62. The predicted molar refractivity (Wildman–Crippen MR) is 141 cm³/mol. The highest BCUT2D eigenvalue weighted by Crippen LogP contribution is 2.28. The van der Waals surface area contributed by atoms with Gasteiger partial charge in [0, 0.05) is 6.08 Å². The van der Waals surface area contributed by atoms with Gasteiger partial charge in [-0.05, 0) is 87.6 Å². The third-order valence-electron chi connectivity index (χ3n) is 5.49. The Bertz CT molecular complexity index is 1170. The van der Waals surface area contributed by atoms with Crippen LogP contribution in [-0.2, 0) is 14.3 Å². The zero-order chi connectivity index (χ0) is 26.0. The van der Waals surface area contributed by atoms with Gasteiger partial charge in [0.15, 0.2) is 6.10 Å². The Balaban J connectivity index is 1.95. The van der Waals surface area contributed by atoms with Crippen LogP contribution < -0.4 is 9.47 Å².